The van der Waals surface area contributed by atoms with Gasteiger partial charge in [0.05, 0.1) is 18.2 Å². The maximum Gasteiger partial charge on any atom is 0.271 e. The van der Waals surface area contributed by atoms with Gasteiger partial charge in [-0.25, -0.2) is 15.0 Å². The van der Waals surface area contributed by atoms with Gasteiger partial charge < -0.3 is 36.4 Å². The molecular formula is C35H42N8O7S4. The number of carbonyl (C=O) groups excluding carboxylic acids is 5. The molecule has 15 nitrogen and oxygen atoms in total. The second-order valence-electron chi connectivity index (χ2n) is 13.7. The van der Waals surface area contributed by atoms with E-state index in [0.717, 1.165) is 5.56 Å². The molecule has 5 amide bonds. The second kappa shape index (κ2) is 17.6. The lowest BCUT2D eigenvalue weighted by Crippen LogP contribution is -2.58. The largest absolute Gasteiger partial charge is 0.474 e. The third kappa shape index (κ3) is 9.60. The van der Waals surface area contributed by atoms with Crippen LogP contribution in [0.25, 0.3) is 0 Å². The maximum atomic E-state index is 13.9. The monoisotopic (exact) mass is 814 g/mol. The highest BCUT2D eigenvalue weighted by Crippen LogP contribution is 2.29. The topological polar surface area (TPSA) is 213 Å². The van der Waals surface area contributed by atoms with Crippen LogP contribution in [0.5, 0.6) is 0 Å². The van der Waals surface area contributed by atoms with Gasteiger partial charge in [-0.2, -0.15) is 0 Å². The summed E-state index contributed by atoms with van der Waals surface area (Å²) in [4.78, 5) is 82.7. The first-order valence-corrected chi connectivity index (χ1v) is 21.8. The van der Waals surface area contributed by atoms with Crippen LogP contribution in [0.15, 0.2) is 46.1 Å². The van der Waals surface area contributed by atoms with Gasteiger partial charge in [0.1, 0.15) is 45.6 Å². The Labute approximate surface area is 328 Å². The molecule has 0 spiro atoms. The molecule has 3 aliphatic rings. The van der Waals surface area contributed by atoms with E-state index >= 15 is 0 Å². The summed E-state index contributed by atoms with van der Waals surface area (Å²) in [5, 5.41) is 29.1. The lowest BCUT2D eigenvalue weighted by Gasteiger charge is -2.27. The predicted molar refractivity (Wildman–Crippen MR) is 208 cm³/mol. The molecule has 6 rings (SSSR count). The van der Waals surface area contributed by atoms with Crippen LogP contribution in [0.2, 0.25) is 0 Å². The van der Waals surface area contributed by atoms with Crippen molar-refractivity contribution in [1.82, 2.24) is 36.6 Å². The Morgan fingerprint density at radius 3 is 2.00 bits per heavy atom. The molecule has 3 aliphatic heterocycles. The number of amides is 5. The zero-order chi connectivity index (χ0) is 38.5. The number of aliphatic imine (C=N–C) groups is 1. The average molecular weight is 815 g/mol. The summed E-state index contributed by atoms with van der Waals surface area (Å²) in [6.45, 7) is 7.07. The highest BCUT2D eigenvalue weighted by atomic mass is 33.1. The SMILES string of the molecule is CC(C)C[C@H]1NC(=O)[C@H]([C@H](C)O)NC(=O)[C@@H]2CSSC[C@H](NC(=O)c3csc1n3)C1=NC(C(=O)N[C@H](Cc3ccccc3)c3nc(cs3)C(=O)N2)[C@@H](C)O1. The fraction of sp³-hybridized carbons (Fsp3) is 0.486. The molecule has 1 unspecified atom stereocenters. The maximum absolute atomic E-state index is 13.9. The van der Waals surface area contributed by atoms with Crippen LogP contribution < -0.4 is 26.6 Å². The molecule has 5 heterocycles. The van der Waals surface area contributed by atoms with Gasteiger partial charge in [-0.15, -0.1) is 22.7 Å². The van der Waals surface area contributed by atoms with E-state index in [1.165, 1.54) is 51.2 Å². The average Bonchev–Trinajstić information content (AvgIpc) is 3.90. The number of rotatable bonds is 5. The van der Waals surface area contributed by atoms with E-state index in [-0.39, 0.29) is 34.7 Å². The normalized spacial score (nSPS) is 27.6. The van der Waals surface area contributed by atoms with Gasteiger partial charge in [0, 0.05) is 22.3 Å². The molecular weight excluding hydrogens is 773 g/mol. The molecule has 2 aromatic heterocycles. The summed E-state index contributed by atoms with van der Waals surface area (Å²) >= 11 is 2.39. The van der Waals surface area contributed by atoms with Crippen LogP contribution in [-0.2, 0) is 25.5 Å². The fourth-order valence-electron chi connectivity index (χ4n) is 6.05. The minimum atomic E-state index is -1.37. The number of aliphatic hydroxyl groups excluding tert-OH is 1. The minimum absolute atomic E-state index is 0.0438. The van der Waals surface area contributed by atoms with Crippen molar-refractivity contribution in [3.05, 3.63) is 68.1 Å². The molecule has 0 aliphatic carbocycles. The van der Waals surface area contributed by atoms with Crippen LogP contribution in [0.3, 0.4) is 0 Å². The van der Waals surface area contributed by atoms with E-state index in [1.54, 1.807) is 17.7 Å². The van der Waals surface area contributed by atoms with Crippen molar-refractivity contribution in [2.45, 2.75) is 89.0 Å². The minimum Gasteiger partial charge on any atom is -0.474 e. The number of fused-ring (bicyclic) bond motifs is 11. The van der Waals surface area contributed by atoms with Crippen LogP contribution in [0.4, 0.5) is 0 Å². The van der Waals surface area contributed by atoms with Crippen molar-refractivity contribution in [3.63, 3.8) is 0 Å². The molecule has 1 aromatic carbocycles. The lowest BCUT2D eigenvalue weighted by atomic mass is 10.0. The lowest BCUT2D eigenvalue weighted by molar-refractivity contribution is -0.132. The highest BCUT2D eigenvalue weighted by Gasteiger charge is 2.39. The van der Waals surface area contributed by atoms with Crippen LogP contribution >= 0.6 is 44.3 Å². The van der Waals surface area contributed by atoms with Gasteiger partial charge in [0.2, 0.25) is 23.6 Å². The van der Waals surface area contributed by atoms with Crippen molar-refractivity contribution in [3.8, 4) is 0 Å². The summed E-state index contributed by atoms with van der Waals surface area (Å²) in [6.07, 6.45) is -1.12. The van der Waals surface area contributed by atoms with Gasteiger partial charge in [-0.05, 0) is 38.2 Å². The van der Waals surface area contributed by atoms with E-state index in [9.17, 15) is 29.1 Å². The number of aromatic nitrogens is 2. The van der Waals surface area contributed by atoms with E-state index in [4.69, 9.17) is 4.74 Å². The molecule has 0 saturated heterocycles. The van der Waals surface area contributed by atoms with Crippen molar-refractivity contribution in [1.29, 1.82) is 0 Å². The Balaban J connectivity index is 1.41. The Bertz CT molecular complexity index is 1890. The summed E-state index contributed by atoms with van der Waals surface area (Å²) in [5.41, 5.74) is 1.10. The van der Waals surface area contributed by atoms with Gasteiger partial charge in [0.15, 0.2) is 6.04 Å². The molecule has 6 N–H and O–H groups in total. The third-order valence-corrected chi connectivity index (χ3v) is 13.2. The number of nitrogens with one attached hydrogen (secondary N) is 5. The summed E-state index contributed by atoms with van der Waals surface area (Å²) in [5.74, 6) is -2.33. The number of hydrogen-bond donors (Lipinski definition) is 6. The molecule has 288 valence electrons. The van der Waals surface area contributed by atoms with Crippen molar-refractivity contribution in [2.75, 3.05) is 11.5 Å². The first-order valence-electron chi connectivity index (χ1n) is 17.5. The molecule has 19 heteroatoms. The standard InChI is InChI=1S/C35H42N8O7S4/c1-16(2)10-20-34-40-23(13-51-34)29(46)39-25-15-54-53-14-24(30(47)42-26(17(3)44)31(48)36-20)38-28(45)22-12-52-35(41-22)21(11-19-8-6-5-7-9-19)37-32(49)27-18(4)50-33(25)43-27/h5-9,12-13,16-18,20-21,24-27,44H,10-11,14-15H2,1-4H3,(H,36,48)(H,37,49)(H,38,45)(H,39,46)(H,42,47)/t17-,18+,20+,21+,24-,25-,26-,27?/m0/s1. The van der Waals surface area contributed by atoms with Crippen molar-refractivity contribution >= 4 is 79.7 Å². The van der Waals surface area contributed by atoms with E-state index < -0.39 is 78.0 Å². The first-order chi connectivity index (χ1) is 25.9. The number of hydrogen-bond acceptors (Lipinski definition) is 14. The quantitative estimate of drug-likeness (QED) is 0.206. The van der Waals surface area contributed by atoms with Crippen molar-refractivity contribution < 1.29 is 33.8 Å². The van der Waals surface area contributed by atoms with Crippen LogP contribution in [0, 0.1) is 5.92 Å². The van der Waals surface area contributed by atoms with Gasteiger partial charge in [0.25, 0.3) is 11.8 Å². The zero-order valence-corrected chi connectivity index (χ0v) is 33.2. The second-order valence-corrected chi connectivity index (χ2v) is 18.0. The molecule has 8 bridgehead atoms. The Kier molecular flexibility index (Phi) is 12.9. The van der Waals surface area contributed by atoms with Crippen LogP contribution in [0.1, 0.15) is 82.8 Å². The van der Waals surface area contributed by atoms with Crippen molar-refractivity contribution in [2.24, 2.45) is 10.9 Å². The Hall–Kier alpha value is -4.04. The van der Waals surface area contributed by atoms with E-state index in [2.05, 4.69) is 41.5 Å². The summed E-state index contributed by atoms with van der Waals surface area (Å²) in [7, 11) is 2.53. The molecule has 0 fully saturated rings. The highest BCUT2D eigenvalue weighted by molar-refractivity contribution is 8.76. The summed E-state index contributed by atoms with van der Waals surface area (Å²) < 4.78 is 6.15. The van der Waals surface area contributed by atoms with E-state index in [0.29, 0.717) is 22.9 Å². The number of thiazole rings is 2. The Morgan fingerprint density at radius 1 is 0.778 bits per heavy atom. The number of carbonyl (C=O) groups is 5. The molecule has 8 atom stereocenters. The van der Waals surface area contributed by atoms with Gasteiger partial charge in [-0.1, -0.05) is 65.8 Å². The van der Waals surface area contributed by atoms with Gasteiger partial charge >= 0.3 is 0 Å². The molecule has 3 aromatic rings. The first kappa shape index (κ1) is 39.6. The number of nitrogens with zero attached hydrogens (tertiary/aromatic N) is 3. The third-order valence-electron chi connectivity index (χ3n) is 8.85. The molecule has 0 saturated carbocycles. The smallest absolute Gasteiger partial charge is 0.271 e. The van der Waals surface area contributed by atoms with Crippen LogP contribution in [-0.4, -0.2) is 98.4 Å². The number of aliphatic hydroxyl groups is 1. The number of ether oxygens (including phenoxy) is 1. The Morgan fingerprint density at radius 2 is 1.37 bits per heavy atom. The zero-order valence-electron chi connectivity index (χ0n) is 29.9. The van der Waals surface area contributed by atoms with E-state index in [1.807, 2.05) is 44.2 Å². The fourth-order valence-corrected chi connectivity index (χ4v) is 10.1. The molecule has 0 radical (unpaired) electrons. The number of benzene rings is 1. The summed E-state index contributed by atoms with van der Waals surface area (Å²) in [6, 6.07) is 4.00. The van der Waals surface area contributed by atoms with Gasteiger partial charge in [-0.3, -0.25) is 24.0 Å². The molecule has 54 heavy (non-hydrogen) atoms. The predicted octanol–water partition coefficient (Wildman–Crippen LogP) is 2.56.